The van der Waals surface area contributed by atoms with E-state index in [2.05, 4.69) is 48.5 Å². The summed E-state index contributed by atoms with van der Waals surface area (Å²) in [7, 11) is 0. The van der Waals surface area contributed by atoms with Gasteiger partial charge >= 0.3 is 0 Å². The molecule has 2 heteroatoms. The van der Waals surface area contributed by atoms with Crippen LogP contribution in [-0.2, 0) is 0 Å². The van der Waals surface area contributed by atoms with Gasteiger partial charge in [0, 0.05) is 24.5 Å². The van der Waals surface area contributed by atoms with Crippen molar-refractivity contribution in [3.63, 3.8) is 0 Å². The van der Waals surface area contributed by atoms with E-state index in [9.17, 15) is 0 Å². The van der Waals surface area contributed by atoms with Crippen molar-refractivity contribution in [2.45, 2.75) is 59.4 Å². The van der Waals surface area contributed by atoms with Crippen molar-refractivity contribution in [1.29, 1.82) is 0 Å². The van der Waals surface area contributed by atoms with Crippen molar-refractivity contribution in [2.24, 2.45) is 11.3 Å². The Bertz CT molecular complexity index is 187. The first-order valence-corrected chi connectivity index (χ1v) is 7.99. The van der Waals surface area contributed by atoms with Gasteiger partial charge in [-0.1, -0.05) is 43.6 Å². The van der Waals surface area contributed by atoms with Gasteiger partial charge in [0.15, 0.2) is 0 Å². The zero-order valence-electron chi connectivity index (χ0n) is 11.4. The first-order chi connectivity index (χ1) is 7.56. The molecule has 1 rings (SSSR count). The molecular weight excluding hydrogens is 262 g/mol. The Morgan fingerprint density at radius 2 is 1.81 bits per heavy atom. The zero-order valence-corrected chi connectivity index (χ0v) is 13.0. The summed E-state index contributed by atoms with van der Waals surface area (Å²) in [5.74, 6) is 0.794. The maximum Gasteiger partial charge on any atom is 0.01000 e. The van der Waals surface area contributed by atoms with E-state index >= 15 is 0 Å². The average Bonchev–Trinajstić information content (AvgIpc) is 3.08. The number of halogens is 1. The van der Waals surface area contributed by atoms with E-state index in [1.54, 1.807) is 0 Å². The van der Waals surface area contributed by atoms with Crippen molar-refractivity contribution in [3.8, 4) is 0 Å². The van der Waals surface area contributed by atoms with Gasteiger partial charge in [-0.2, -0.15) is 0 Å². The molecule has 0 aromatic rings. The predicted octanol–water partition coefficient (Wildman–Crippen LogP) is 4.31. The third kappa shape index (κ3) is 4.03. The topological polar surface area (TPSA) is 3.24 Å². The Morgan fingerprint density at radius 3 is 2.12 bits per heavy atom. The van der Waals surface area contributed by atoms with Gasteiger partial charge in [0.05, 0.1) is 0 Å². The molecule has 1 aliphatic rings. The third-order valence-corrected chi connectivity index (χ3v) is 5.17. The fourth-order valence-electron chi connectivity index (χ4n) is 2.39. The van der Waals surface area contributed by atoms with Crippen molar-refractivity contribution in [3.05, 3.63) is 0 Å². The molecule has 0 unspecified atom stereocenters. The molecule has 16 heavy (non-hydrogen) atoms. The van der Waals surface area contributed by atoms with Crippen LogP contribution in [0.25, 0.3) is 0 Å². The van der Waals surface area contributed by atoms with E-state index in [0.29, 0.717) is 5.41 Å². The van der Waals surface area contributed by atoms with Crippen LogP contribution in [0, 0.1) is 11.3 Å². The van der Waals surface area contributed by atoms with Crippen LogP contribution in [-0.4, -0.2) is 29.4 Å². The lowest BCUT2D eigenvalue weighted by atomic mass is 9.84. The minimum absolute atomic E-state index is 0.497. The molecule has 0 N–H and O–H groups in total. The minimum Gasteiger partial charge on any atom is -0.300 e. The SMILES string of the molecule is CCC(CC)(CBr)CN(CC(C)C)C1CC1. The van der Waals surface area contributed by atoms with Crippen LogP contribution in [0.1, 0.15) is 53.4 Å². The summed E-state index contributed by atoms with van der Waals surface area (Å²) in [5.41, 5.74) is 0.497. The van der Waals surface area contributed by atoms with E-state index in [4.69, 9.17) is 0 Å². The van der Waals surface area contributed by atoms with Crippen LogP contribution in [0.4, 0.5) is 0 Å². The summed E-state index contributed by atoms with van der Waals surface area (Å²) in [5, 5.41) is 1.15. The van der Waals surface area contributed by atoms with E-state index in [-0.39, 0.29) is 0 Å². The number of hydrogen-bond donors (Lipinski definition) is 0. The summed E-state index contributed by atoms with van der Waals surface area (Å²) >= 11 is 3.73. The zero-order chi connectivity index (χ0) is 12.2. The second-order valence-corrected chi connectivity index (χ2v) is 6.46. The third-order valence-electron chi connectivity index (χ3n) is 3.98. The number of alkyl halides is 1. The highest BCUT2D eigenvalue weighted by Crippen LogP contribution is 2.35. The van der Waals surface area contributed by atoms with E-state index in [1.807, 2.05) is 0 Å². The predicted molar refractivity (Wildman–Crippen MR) is 76.2 cm³/mol. The fraction of sp³-hybridized carbons (Fsp3) is 1.00. The fourth-order valence-corrected chi connectivity index (χ4v) is 3.36. The molecule has 0 radical (unpaired) electrons. The smallest absolute Gasteiger partial charge is 0.01000 e. The van der Waals surface area contributed by atoms with Gasteiger partial charge in [-0.15, -0.1) is 0 Å². The van der Waals surface area contributed by atoms with Crippen molar-refractivity contribution < 1.29 is 0 Å². The molecule has 96 valence electrons. The molecule has 1 fully saturated rings. The van der Waals surface area contributed by atoms with Gasteiger partial charge in [-0.3, -0.25) is 4.90 Å². The van der Waals surface area contributed by atoms with Crippen molar-refractivity contribution >= 4 is 15.9 Å². The highest BCUT2D eigenvalue weighted by atomic mass is 79.9. The standard InChI is InChI=1S/C14H28BrN/c1-5-14(6-2,10-15)11-16(9-12(3)4)13-7-8-13/h12-13H,5-11H2,1-4H3. The van der Waals surface area contributed by atoms with Gasteiger partial charge in [-0.05, 0) is 37.0 Å². The highest BCUT2D eigenvalue weighted by Gasteiger charge is 2.35. The Labute approximate surface area is 110 Å². The van der Waals surface area contributed by atoms with Gasteiger partial charge in [-0.25, -0.2) is 0 Å². The summed E-state index contributed by atoms with van der Waals surface area (Å²) in [4.78, 5) is 2.75. The van der Waals surface area contributed by atoms with E-state index in [1.165, 1.54) is 38.8 Å². The van der Waals surface area contributed by atoms with E-state index in [0.717, 1.165) is 17.3 Å². The number of rotatable bonds is 8. The Kier molecular flexibility index (Phi) is 5.79. The summed E-state index contributed by atoms with van der Waals surface area (Å²) in [6.45, 7) is 11.9. The van der Waals surface area contributed by atoms with Crippen LogP contribution in [0.3, 0.4) is 0 Å². The lowest BCUT2D eigenvalue weighted by Gasteiger charge is -2.37. The van der Waals surface area contributed by atoms with Crippen LogP contribution in [0.5, 0.6) is 0 Å². The molecule has 1 saturated carbocycles. The molecule has 0 aromatic carbocycles. The molecule has 0 aromatic heterocycles. The second kappa shape index (κ2) is 6.39. The Hall–Kier alpha value is 0.440. The molecule has 0 atom stereocenters. The highest BCUT2D eigenvalue weighted by molar-refractivity contribution is 9.09. The Balaban J connectivity index is 2.57. The molecular formula is C14H28BrN. The number of hydrogen-bond acceptors (Lipinski definition) is 1. The van der Waals surface area contributed by atoms with Crippen LogP contribution in [0.2, 0.25) is 0 Å². The van der Waals surface area contributed by atoms with Crippen LogP contribution < -0.4 is 0 Å². The van der Waals surface area contributed by atoms with Crippen LogP contribution in [0.15, 0.2) is 0 Å². The second-order valence-electron chi connectivity index (χ2n) is 5.90. The monoisotopic (exact) mass is 289 g/mol. The number of nitrogens with zero attached hydrogens (tertiary/aromatic N) is 1. The molecule has 1 nitrogen and oxygen atoms in total. The van der Waals surface area contributed by atoms with Gasteiger partial charge < -0.3 is 0 Å². The first kappa shape index (κ1) is 14.5. The molecule has 0 bridgehead atoms. The average molecular weight is 290 g/mol. The quantitative estimate of drug-likeness (QED) is 0.602. The van der Waals surface area contributed by atoms with Gasteiger partial charge in [0.2, 0.25) is 0 Å². The van der Waals surface area contributed by atoms with E-state index < -0.39 is 0 Å². The lowest BCUT2D eigenvalue weighted by molar-refractivity contribution is 0.138. The van der Waals surface area contributed by atoms with Crippen molar-refractivity contribution in [1.82, 2.24) is 4.90 Å². The maximum atomic E-state index is 3.73. The van der Waals surface area contributed by atoms with Crippen molar-refractivity contribution in [2.75, 3.05) is 18.4 Å². The maximum absolute atomic E-state index is 3.73. The summed E-state index contributed by atoms with van der Waals surface area (Å²) in [6, 6.07) is 0.902. The molecule has 0 heterocycles. The van der Waals surface area contributed by atoms with Gasteiger partial charge in [0.25, 0.3) is 0 Å². The lowest BCUT2D eigenvalue weighted by Crippen LogP contribution is -2.41. The largest absolute Gasteiger partial charge is 0.300 e. The van der Waals surface area contributed by atoms with Crippen LogP contribution >= 0.6 is 15.9 Å². The minimum atomic E-state index is 0.497. The van der Waals surface area contributed by atoms with Gasteiger partial charge in [0.1, 0.15) is 0 Å². The summed E-state index contributed by atoms with van der Waals surface area (Å²) in [6.07, 6.45) is 5.43. The molecule has 0 spiro atoms. The Morgan fingerprint density at radius 1 is 1.25 bits per heavy atom. The molecule has 0 aliphatic heterocycles. The normalized spacial score (nSPS) is 17.4. The first-order valence-electron chi connectivity index (χ1n) is 6.87. The molecule has 0 saturated heterocycles. The summed E-state index contributed by atoms with van der Waals surface area (Å²) < 4.78 is 0. The molecule has 1 aliphatic carbocycles. The molecule has 0 amide bonds.